The van der Waals surface area contributed by atoms with Gasteiger partial charge in [-0.15, -0.1) is 0 Å². The highest BCUT2D eigenvalue weighted by molar-refractivity contribution is 5.93. The molecule has 1 aromatic rings. The predicted octanol–water partition coefficient (Wildman–Crippen LogP) is 3.50. The lowest BCUT2D eigenvalue weighted by Crippen LogP contribution is -2.47. The molecule has 0 saturated heterocycles. The van der Waals surface area contributed by atoms with Crippen molar-refractivity contribution in [2.24, 2.45) is 0 Å². The maximum absolute atomic E-state index is 12.5. The molecule has 1 rings (SSSR count). The minimum absolute atomic E-state index is 0.0892. The fourth-order valence-corrected chi connectivity index (χ4v) is 1.52. The van der Waals surface area contributed by atoms with Crippen molar-refractivity contribution >= 4 is 17.7 Å². The van der Waals surface area contributed by atoms with Gasteiger partial charge in [-0.25, -0.2) is 15.2 Å². The molecular weight excluding hydrogens is 301 g/mol. The van der Waals surface area contributed by atoms with Gasteiger partial charge in [-0.05, 0) is 45.0 Å². The third-order valence-corrected chi connectivity index (χ3v) is 2.37. The highest BCUT2D eigenvalue weighted by atomic mass is 19.4. The second-order valence-corrected chi connectivity index (χ2v) is 5.51. The highest BCUT2D eigenvalue weighted by Gasteiger charge is 2.30. The van der Waals surface area contributed by atoms with Crippen molar-refractivity contribution < 1.29 is 27.5 Å². The number of benzene rings is 1. The number of halogens is 3. The molecule has 8 heteroatoms. The van der Waals surface area contributed by atoms with E-state index in [0.717, 1.165) is 36.2 Å². The third-order valence-electron chi connectivity index (χ3n) is 2.37. The summed E-state index contributed by atoms with van der Waals surface area (Å²) in [5.74, 6) is -0.578. The average Bonchev–Trinajstić information content (AvgIpc) is 2.32. The fourth-order valence-electron chi connectivity index (χ4n) is 1.52. The van der Waals surface area contributed by atoms with Gasteiger partial charge in [0.2, 0.25) is 5.91 Å². The van der Waals surface area contributed by atoms with Crippen LogP contribution in [0.4, 0.5) is 23.7 Å². The van der Waals surface area contributed by atoms with E-state index in [1.165, 1.54) is 0 Å². The van der Waals surface area contributed by atoms with Crippen LogP contribution < -0.4 is 10.4 Å². The lowest BCUT2D eigenvalue weighted by Gasteiger charge is -2.25. The first-order valence-corrected chi connectivity index (χ1v) is 6.38. The minimum Gasteiger partial charge on any atom is -0.443 e. The van der Waals surface area contributed by atoms with Crippen LogP contribution in [-0.2, 0) is 15.7 Å². The van der Waals surface area contributed by atoms with Crippen LogP contribution in [0.2, 0.25) is 0 Å². The normalized spacial score (nSPS) is 11.8. The molecule has 0 fully saturated rings. The van der Waals surface area contributed by atoms with E-state index in [4.69, 9.17) is 4.74 Å². The SMILES string of the molecule is CC(=O)N(NC(=O)OC(C)(C)C)c1ccc(C(F)(F)F)cc1. The van der Waals surface area contributed by atoms with Gasteiger partial charge in [-0.3, -0.25) is 4.79 Å². The molecule has 1 N–H and O–H groups in total. The maximum Gasteiger partial charge on any atom is 0.427 e. The first-order chi connectivity index (χ1) is 9.90. The molecular formula is C14H17F3N2O3. The van der Waals surface area contributed by atoms with Gasteiger partial charge < -0.3 is 4.74 Å². The molecule has 1 aromatic carbocycles. The molecule has 0 unspecified atom stereocenters. The van der Waals surface area contributed by atoms with Crippen LogP contribution in [0.15, 0.2) is 24.3 Å². The van der Waals surface area contributed by atoms with Crippen molar-refractivity contribution in [3.8, 4) is 0 Å². The molecule has 2 amide bonds. The molecule has 0 radical (unpaired) electrons. The Morgan fingerprint density at radius 1 is 1.09 bits per heavy atom. The Balaban J connectivity index is 2.93. The number of carbonyl (C=O) groups excluding carboxylic acids is 2. The van der Waals surface area contributed by atoms with Gasteiger partial charge in [-0.2, -0.15) is 13.2 Å². The number of anilines is 1. The van der Waals surface area contributed by atoms with Crippen LogP contribution in [0.5, 0.6) is 0 Å². The molecule has 0 heterocycles. The van der Waals surface area contributed by atoms with Gasteiger partial charge in [-0.1, -0.05) is 0 Å². The summed E-state index contributed by atoms with van der Waals surface area (Å²) in [6.45, 7) is 6.09. The van der Waals surface area contributed by atoms with Crippen molar-refractivity contribution in [2.75, 3.05) is 5.01 Å². The number of ether oxygens (including phenoxy) is 1. The summed E-state index contributed by atoms with van der Waals surface area (Å²) >= 11 is 0. The number of hydrazine groups is 1. The molecule has 5 nitrogen and oxygen atoms in total. The smallest absolute Gasteiger partial charge is 0.427 e. The fraction of sp³-hybridized carbons (Fsp3) is 0.429. The number of nitrogens with one attached hydrogen (secondary N) is 1. The molecule has 0 aromatic heterocycles. The topological polar surface area (TPSA) is 58.6 Å². The predicted molar refractivity (Wildman–Crippen MR) is 74.0 cm³/mol. The van der Waals surface area contributed by atoms with Crippen LogP contribution in [0.25, 0.3) is 0 Å². The van der Waals surface area contributed by atoms with E-state index >= 15 is 0 Å². The molecule has 0 atom stereocenters. The Labute approximate surface area is 126 Å². The van der Waals surface area contributed by atoms with Crippen molar-refractivity contribution in [3.63, 3.8) is 0 Å². The summed E-state index contributed by atoms with van der Waals surface area (Å²) in [5, 5.41) is 0.814. The Hall–Kier alpha value is -2.25. The first-order valence-electron chi connectivity index (χ1n) is 6.38. The van der Waals surface area contributed by atoms with Crippen LogP contribution in [0, 0.1) is 0 Å². The van der Waals surface area contributed by atoms with E-state index in [-0.39, 0.29) is 5.69 Å². The Bertz CT molecular complexity index is 548. The molecule has 0 aliphatic rings. The zero-order valence-corrected chi connectivity index (χ0v) is 12.6. The zero-order valence-electron chi connectivity index (χ0n) is 12.6. The maximum atomic E-state index is 12.5. The van der Waals surface area contributed by atoms with Gasteiger partial charge >= 0.3 is 12.3 Å². The van der Waals surface area contributed by atoms with Gasteiger partial charge in [0, 0.05) is 6.92 Å². The van der Waals surface area contributed by atoms with E-state index in [1.54, 1.807) is 20.8 Å². The number of hydrogen-bond donors (Lipinski definition) is 1. The molecule has 0 aliphatic carbocycles. The minimum atomic E-state index is -4.47. The number of nitrogens with zero attached hydrogens (tertiary/aromatic N) is 1. The molecule has 0 saturated carbocycles. The quantitative estimate of drug-likeness (QED) is 0.806. The summed E-state index contributed by atoms with van der Waals surface area (Å²) < 4.78 is 42.5. The average molecular weight is 318 g/mol. The summed E-state index contributed by atoms with van der Waals surface area (Å²) in [6, 6.07) is 3.81. The second-order valence-electron chi connectivity index (χ2n) is 5.51. The largest absolute Gasteiger partial charge is 0.443 e. The Morgan fingerprint density at radius 2 is 1.59 bits per heavy atom. The van der Waals surface area contributed by atoms with E-state index < -0.39 is 29.3 Å². The molecule has 0 aliphatic heterocycles. The van der Waals surface area contributed by atoms with Crippen LogP contribution in [0.1, 0.15) is 33.3 Å². The van der Waals surface area contributed by atoms with E-state index in [9.17, 15) is 22.8 Å². The Morgan fingerprint density at radius 3 is 1.95 bits per heavy atom. The second kappa shape index (κ2) is 6.25. The lowest BCUT2D eigenvalue weighted by atomic mass is 10.2. The van der Waals surface area contributed by atoms with Crippen molar-refractivity contribution in [1.29, 1.82) is 0 Å². The number of alkyl halides is 3. The van der Waals surface area contributed by atoms with Crippen molar-refractivity contribution in [1.82, 2.24) is 5.43 Å². The highest BCUT2D eigenvalue weighted by Crippen LogP contribution is 2.30. The van der Waals surface area contributed by atoms with E-state index in [0.29, 0.717) is 0 Å². The van der Waals surface area contributed by atoms with E-state index in [2.05, 4.69) is 5.43 Å². The standard InChI is InChI=1S/C14H17F3N2O3/c1-9(20)19(18-12(21)22-13(2,3)4)11-7-5-10(6-8-11)14(15,16)17/h5-8H,1-4H3,(H,18,21). The van der Waals surface area contributed by atoms with E-state index in [1.807, 2.05) is 0 Å². The summed E-state index contributed by atoms with van der Waals surface area (Å²) in [4.78, 5) is 23.2. The van der Waals surface area contributed by atoms with Gasteiger partial charge in [0.15, 0.2) is 0 Å². The third kappa shape index (κ3) is 5.27. The molecule has 0 bridgehead atoms. The lowest BCUT2D eigenvalue weighted by molar-refractivity contribution is -0.137. The monoisotopic (exact) mass is 318 g/mol. The summed E-state index contributed by atoms with van der Waals surface area (Å²) in [6.07, 6.45) is -5.36. The number of rotatable bonds is 1. The summed E-state index contributed by atoms with van der Waals surface area (Å²) in [5.41, 5.74) is 0.657. The number of hydrogen-bond acceptors (Lipinski definition) is 3. The molecule has 22 heavy (non-hydrogen) atoms. The van der Waals surface area contributed by atoms with Crippen LogP contribution >= 0.6 is 0 Å². The first kappa shape index (κ1) is 17.8. The van der Waals surface area contributed by atoms with Crippen molar-refractivity contribution in [2.45, 2.75) is 39.5 Å². The number of carbonyl (C=O) groups is 2. The van der Waals surface area contributed by atoms with Crippen molar-refractivity contribution in [3.05, 3.63) is 29.8 Å². The van der Waals surface area contributed by atoms with Gasteiger partial charge in [0.1, 0.15) is 5.60 Å². The number of amides is 2. The van der Waals surface area contributed by atoms with Gasteiger partial charge in [0.25, 0.3) is 0 Å². The molecule has 122 valence electrons. The Kier molecular flexibility index (Phi) is 5.05. The molecule has 0 spiro atoms. The zero-order chi connectivity index (χ0) is 17.1. The van der Waals surface area contributed by atoms with Gasteiger partial charge in [0.05, 0.1) is 11.3 Å². The summed E-state index contributed by atoms with van der Waals surface area (Å²) in [7, 11) is 0. The van der Waals surface area contributed by atoms with Crippen LogP contribution in [-0.4, -0.2) is 17.6 Å². The van der Waals surface area contributed by atoms with Crippen LogP contribution in [0.3, 0.4) is 0 Å².